The van der Waals surface area contributed by atoms with Gasteiger partial charge >= 0.3 is 5.97 Å². The summed E-state index contributed by atoms with van der Waals surface area (Å²) in [5.74, 6) is -3.11. The van der Waals surface area contributed by atoms with Crippen LogP contribution in [0, 0.1) is 0 Å². The normalized spacial score (nSPS) is 14.4. The number of carboxylic acid groups (broad SMARTS) is 1. The van der Waals surface area contributed by atoms with Gasteiger partial charge in [0.15, 0.2) is 0 Å². The number of benzene rings is 2. The number of carboxylic acids is 1. The molecule has 0 saturated heterocycles. The monoisotopic (exact) mass is 618 g/mol. The fourth-order valence-corrected chi connectivity index (χ4v) is 5.08. The second-order valence-electron chi connectivity index (χ2n) is 8.74. The zero-order chi connectivity index (χ0) is 29.1. The molecule has 0 aromatic heterocycles. The van der Waals surface area contributed by atoms with E-state index in [2.05, 4.69) is 20.5 Å². The number of nitrogens with zero attached hydrogens (tertiary/aromatic N) is 3. The Kier molecular flexibility index (Phi) is 9.67. The number of fused-ring (bicyclic) bond motifs is 1. The molecule has 1 atom stereocenters. The van der Waals surface area contributed by atoms with E-state index in [1.807, 2.05) is 0 Å². The molecule has 0 aliphatic carbocycles. The van der Waals surface area contributed by atoms with Crippen LogP contribution in [-0.2, 0) is 27.8 Å². The molecule has 0 bridgehead atoms. The summed E-state index contributed by atoms with van der Waals surface area (Å²) >= 11 is 18.9. The van der Waals surface area contributed by atoms with E-state index in [1.165, 1.54) is 25.2 Å². The molecule has 1 unspecified atom stereocenters. The van der Waals surface area contributed by atoms with Gasteiger partial charge in [-0.25, -0.2) is 18.2 Å². The van der Waals surface area contributed by atoms with Crippen molar-refractivity contribution in [2.24, 2.45) is 4.40 Å². The van der Waals surface area contributed by atoms with Gasteiger partial charge in [0.25, 0.3) is 21.8 Å². The SMILES string of the molecule is CN(C)N/C(=N/S(C)(=O)=O)NC(NC(=O)c1c(Cl)cc2c(c1Cl)CCN(C(=O)c1ccc(Cl)cc1)C2)C(=O)O. The minimum Gasteiger partial charge on any atom is -0.478 e. The Labute approximate surface area is 239 Å². The van der Waals surface area contributed by atoms with Crippen molar-refractivity contribution < 1.29 is 27.9 Å². The Morgan fingerprint density at radius 1 is 1.10 bits per heavy atom. The minimum atomic E-state index is -3.92. The van der Waals surface area contributed by atoms with Gasteiger partial charge in [0, 0.05) is 37.8 Å². The van der Waals surface area contributed by atoms with Crippen LogP contribution in [0.3, 0.4) is 0 Å². The van der Waals surface area contributed by atoms with E-state index in [-0.39, 0.29) is 28.1 Å². The van der Waals surface area contributed by atoms with Crippen LogP contribution in [-0.4, -0.2) is 80.2 Å². The molecule has 2 amide bonds. The number of guanidine groups is 1. The molecule has 0 spiro atoms. The first kappa shape index (κ1) is 30.4. The van der Waals surface area contributed by atoms with Crippen LogP contribution in [0.5, 0.6) is 0 Å². The number of carbonyl (C=O) groups excluding carboxylic acids is 2. The maximum absolute atomic E-state index is 13.1. The number of rotatable bonds is 7. The Bertz CT molecular complexity index is 1430. The highest BCUT2D eigenvalue weighted by atomic mass is 35.5. The molecule has 4 N–H and O–H groups in total. The van der Waals surface area contributed by atoms with E-state index in [4.69, 9.17) is 34.8 Å². The summed E-state index contributed by atoms with van der Waals surface area (Å²) in [7, 11) is -0.883. The van der Waals surface area contributed by atoms with Crippen LogP contribution < -0.4 is 16.1 Å². The predicted octanol–water partition coefficient (Wildman–Crippen LogP) is 1.96. The first-order chi connectivity index (χ1) is 18.2. The summed E-state index contributed by atoms with van der Waals surface area (Å²) in [5.41, 5.74) is 4.05. The average Bonchev–Trinajstić information content (AvgIpc) is 2.81. The van der Waals surface area contributed by atoms with Gasteiger partial charge in [-0.1, -0.05) is 34.8 Å². The molecule has 3 rings (SSSR count). The number of sulfonamides is 1. The van der Waals surface area contributed by atoms with E-state index >= 15 is 0 Å². The Balaban J connectivity index is 1.84. The van der Waals surface area contributed by atoms with Crippen LogP contribution in [0.4, 0.5) is 0 Å². The van der Waals surface area contributed by atoms with Crippen molar-refractivity contribution in [3.05, 3.63) is 67.7 Å². The molecular formula is C23H25Cl3N6O6S. The van der Waals surface area contributed by atoms with E-state index in [1.54, 1.807) is 29.2 Å². The fraction of sp³-hybridized carbons (Fsp3) is 0.304. The lowest BCUT2D eigenvalue weighted by Crippen LogP contribution is -2.57. The van der Waals surface area contributed by atoms with Gasteiger partial charge in [-0.15, -0.1) is 4.40 Å². The second kappa shape index (κ2) is 12.4. The van der Waals surface area contributed by atoms with Crippen LogP contribution in [0.2, 0.25) is 15.1 Å². The van der Waals surface area contributed by atoms with E-state index in [0.717, 1.165) is 6.26 Å². The molecule has 210 valence electrons. The highest BCUT2D eigenvalue weighted by Crippen LogP contribution is 2.35. The quantitative estimate of drug-likeness (QED) is 0.157. The molecule has 0 radical (unpaired) electrons. The van der Waals surface area contributed by atoms with Crippen molar-refractivity contribution in [3.63, 3.8) is 0 Å². The molecule has 16 heteroatoms. The molecular weight excluding hydrogens is 595 g/mol. The van der Waals surface area contributed by atoms with Crippen molar-refractivity contribution in [2.75, 3.05) is 26.9 Å². The van der Waals surface area contributed by atoms with Crippen molar-refractivity contribution in [2.45, 2.75) is 19.1 Å². The molecule has 0 fully saturated rings. The van der Waals surface area contributed by atoms with Crippen molar-refractivity contribution in [3.8, 4) is 0 Å². The molecule has 39 heavy (non-hydrogen) atoms. The van der Waals surface area contributed by atoms with Gasteiger partial charge in [0.05, 0.1) is 21.9 Å². The van der Waals surface area contributed by atoms with Gasteiger partial charge in [0.1, 0.15) is 0 Å². The maximum Gasteiger partial charge on any atom is 0.347 e. The molecule has 2 aromatic rings. The van der Waals surface area contributed by atoms with Crippen LogP contribution in [0.25, 0.3) is 0 Å². The molecule has 2 aromatic carbocycles. The number of nitrogens with one attached hydrogen (secondary N) is 3. The first-order valence-electron chi connectivity index (χ1n) is 11.2. The van der Waals surface area contributed by atoms with Crippen LogP contribution in [0.1, 0.15) is 31.8 Å². The third-order valence-electron chi connectivity index (χ3n) is 5.40. The highest BCUT2D eigenvalue weighted by molar-refractivity contribution is 7.89. The third-order valence-corrected chi connectivity index (χ3v) is 6.88. The number of hydrogen-bond donors (Lipinski definition) is 4. The number of carbonyl (C=O) groups is 3. The maximum atomic E-state index is 13.1. The lowest BCUT2D eigenvalue weighted by molar-refractivity contribution is -0.139. The van der Waals surface area contributed by atoms with Crippen LogP contribution in [0.15, 0.2) is 34.7 Å². The Morgan fingerprint density at radius 2 is 1.74 bits per heavy atom. The summed E-state index contributed by atoms with van der Waals surface area (Å²) in [6.45, 7) is 0.511. The zero-order valence-corrected chi connectivity index (χ0v) is 24.0. The molecule has 1 heterocycles. The second-order valence-corrected chi connectivity index (χ2v) is 11.6. The summed E-state index contributed by atoms with van der Waals surface area (Å²) in [6.07, 6.45) is -0.665. The van der Waals surface area contributed by atoms with Gasteiger partial charge < -0.3 is 20.6 Å². The van der Waals surface area contributed by atoms with Crippen molar-refractivity contribution in [1.29, 1.82) is 0 Å². The highest BCUT2D eigenvalue weighted by Gasteiger charge is 2.30. The van der Waals surface area contributed by atoms with Gasteiger partial charge in [0.2, 0.25) is 12.1 Å². The number of hydrazine groups is 1. The fourth-order valence-electron chi connectivity index (χ4n) is 3.76. The largest absolute Gasteiger partial charge is 0.478 e. The van der Waals surface area contributed by atoms with Gasteiger partial charge in [-0.2, -0.15) is 0 Å². The predicted molar refractivity (Wildman–Crippen MR) is 147 cm³/mol. The topological polar surface area (TPSA) is 161 Å². The summed E-state index contributed by atoms with van der Waals surface area (Å²) in [5, 5.41) is 16.0. The number of amides is 2. The first-order valence-corrected chi connectivity index (χ1v) is 14.2. The van der Waals surface area contributed by atoms with Crippen molar-refractivity contribution >= 4 is 68.6 Å². The van der Waals surface area contributed by atoms with E-state index in [9.17, 15) is 27.9 Å². The number of hydrogen-bond acceptors (Lipinski definition) is 6. The Morgan fingerprint density at radius 3 is 2.31 bits per heavy atom. The standard InChI is InChI=1S/C23H25Cl3N6O6S/c1-31(2)29-23(30-39(3,37)38)28-19(22(35)36)27-20(33)17-16(25)10-13-11-32(9-8-15(13)18(17)26)21(34)12-4-6-14(24)7-5-12/h4-7,10,19H,8-9,11H2,1-3H3,(H,27,33)(H,35,36)(H2,28,29,30). The number of aliphatic carboxylic acids is 1. The molecule has 0 saturated carbocycles. The molecule has 1 aliphatic rings. The van der Waals surface area contributed by atoms with Crippen molar-refractivity contribution in [1.82, 2.24) is 26.0 Å². The van der Waals surface area contributed by atoms with Gasteiger partial charge in [-0.3, -0.25) is 15.0 Å². The average molecular weight is 620 g/mol. The van der Waals surface area contributed by atoms with E-state index < -0.39 is 34.0 Å². The smallest absolute Gasteiger partial charge is 0.347 e. The van der Waals surface area contributed by atoms with E-state index in [0.29, 0.717) is 34.7 Å². The molecule has 1 aliphatic heterocycles. The lowest BCUT2D eigenvalue weighted by atomic mass is 9.96. The third kappa shape index (κ3) is 7.96. The summed E-state index contributed by atoms with van der Waals surface area (Å²) in [6, 6.07) is 8.00. The number of halogens is 3. The molecule has 12 nitrogen and oxygen atoms in total. The lowest BCUT2D eigenvalue weighted by Gasteiger charge is -2.30. The summed E-state index contributed by atoms with van der Waals surface area (Å²) < 4.78 is 26.6. The zero-order valence-electron chi connectivity index (χ0n) is 21.0. The van der Waals surface area contributed by atoms with Crippen LogP contribution >= 0.6 is 34.8 Å². The summed E-state index contributed by atoms with van der Waals surface area (Å²) in [4.78, 5) is 39.5. The minimum absolute atomic E-state index is 0.0224. The Hall–Kier alpha value is -3.10. The van der Waals surface area contributed by atoms with Gasteiger partial charge in [-0.05, 0) is 47.9 Å².